The topological polar surface area (TPSA) is 73.0 Å². The molecule has 2 N–H and O–H groups in total. The Morgan fingerprint density at radius 1 is 1.11 bits per heavy atom. The molecule has 0 saturated carbocycles. The third kappa shape index (κ3) is 2.42. The van der Waals surface area contributed by atoms with Crippen LogP contribution in [0.1, 0.15) is 16.6 Å². The first-order valence-corrected chi connectivity index (χ1v) is 7.03. The zero-order valence-electron chi connectivity index (χ0n) is 9.95. The highest BCUT2D eigenvalue weighted by molar-refractivity contribution is 7.91. The second-order valence-corrected chi connectivity index (χ2v) is 6.10. The van der Waals surface area contributed by atoms with E-state index in [1.165, 1.54) is 6.20 Å². The minimum Gasteiger partial charge on any atom is -0.310 e. The summed E-state index contributed by atoms with van der Waals surface area (Å²) in [7, 11) is -3.59. The Balaban J connectivity index is 2.40. The predicted molar refractivity (Wildman–Crippen MR) is 69.5 cm³/mol. The molecule has 0 aliphatic heterocycles. The van der Waals surface area contributed by atoms with E-state index in [-0.39, 0.29) is 4.90 Å². The van der Waals surface area contributed by atoms with Crippen LogP contribution in [-0.2, 0) is 9.84 Å². The van der Waals surface area contributed by atoms with Gasteiger partial charge in [0.25, 0.3) is 0 Å². The zero-order valence-corrected chi connectivity index (χ0v) is 10.8. The van der Waals surface area contributed by atoms with Crippen LogP contribution in [0.25, 0.3) is 0 Å². The average molecular weight is 262 g/mol. The van der Waals surface area contributed by atoms with Crippen molar-refractivity contribution in [3.05, 3.63) is 59.9 Å². The van der Waals surface area contributed by atoms with Gasteiger partial charge >= 0.3 is 0 Å². The maximum Gasteiger partial charge on any atom is 0.199 e. The van der Waals surface area contributed by atoms with Crippen molar-refractivity contribution >= 4 is 9.84 Å². The molecule has 94 valence electrons. The molecule has 0 fully saturated rings. The monoisotopic (exact) mass is 262 g/mol. The van der Waals surface area contributed by atoms with E-state index >= 15 is 0 Å². The predicted octanol–water partition coefficient (Wildman–Crippen LogP) is 1.82. The van der Waals surface area contributed by atoms with E-state index in [4.69, 9.17) is 5.73 Å². The average Bonchev–Trinajstić information content (AvgIpc) is 2.39. The van der Waals surface area contributed by atoms with E-state index in [1.54, 1.807) is 42.5 Å². The molecular weight excluding hydrogens is 248 g/mol. The number of benzene rings is 1. The molecule has 1 aromatic heterocycles. The summed E-state index contributed by atoms with van der Waals surface area (Å²) >= 11 is 0. The molecule has 0 aliphatic carbocycles. The standard InChI is InChI=1S/C13H14N2O2S/c1-10-5-7-11(8-6-10)18(16,17)13(14)12-4-2-3-9-15-12/h2-9,13H,14H2,1H3. The smallest absolute Gasteiger partial charge is 0.199 e. The molecule has 0 amide bonds. The van der Waals surface area contributed by atoms with Gasteiger partial charge in [-0.1, -0.05) is 23.8 Å². The lowest BCUT2D eigenvalue weighted by molar-refractivity contribution is 0.582. The maximum atomic E-state index is 12.3. The summed E-state index contributed by atoms with van der Waals surface area (Å²) in [5.41, 5.74) is 7.14. The molecule has 1 unspecified atom stereocenters. The normalized spacial score (nSPS) is 13.2. The molecule has 2 rings (SSSR count). The molecule has 18 heavy (non-hydrogen) atoms. The Bertz CT molecular complexity index is 622. The highest BCUT2D eigenvalue weighted by Crippen LogP contribution is 2.23. The summed E-state index contributed by atoms with van der Waals surface area (Å²) in [4.78, 5) is 4.20. The molecule has 5 heteroatoms. The lowest BCUT2D eigenvalue weighted by atomic mass is 10.2. The van der Waals surface area contributed by atoms with Crippen molar-refractivity contribution in [3.8, 4) is 0 Å². The van der Waals surface area contributed by atoms with Crippen LogP contribution < -0.4 is 5.73 Å². The van der Waals surface area contributed by atoms with Crippen LogP contribution in [0.4, 0.5) is 0 Å². The number of sulfone groups is 1. The quantitative estimate of drug-likeness (QED) is 0.915. The molecule has 2 aromatic rings. The SMILES string of the molecule is Cc1ccc(S(=O)(=O)C(N)c2ccccn2)cc1. The van der Waals surface area contributed by atoms with E-state index in [1.807, 2.05) is 6.92 Å². The molecule has 0 radical (unpaired) electrons. The molecule has 4 nitrogen and oxygen atoms in total. The number of hydrogen-bond acceptors (Lipinski definition) is 4. The minimum absolute atomic E-state index is 0.214. The van der Waals surface area contributed by atoms with E-state index < -0.39 is 15.2 Å². The molecule has 0 aliphatic rings. The fraction of sp³-hybridized carbons (Fsp3) is 0.154. The first-order chi connectivity index (χ1) is 8.51. The summed E-state index contributed by atoms with van der Waals surface area (Å²) < 4.78 is 24.6. The van der Waals surface area contributed by atoms with Crippen molar-refractivity contribution in [3.63, 3.8) is 0 Å². The second-order valence-electron chi connectivity index (χ2n) is 4.03. The lowest BCUT2D eigenvalue weighted by Crippen LogP contribution is -2.22. The maximum absolute atomic E-state index is 12.3. The van der Waals surface area contributed by atoms with E-state index in [0.29, 0.717) is 5.69 Å². The number of hydrogen-bond donors (Lipinski definition) is 1. The van der Waals surface area contributed by atoms with Crippen molar-refractivity contribution in [1.82, 2.24) is 4.98 Å². The molecule has 0 saturated heterocycles. The Morgan fingerprint density at radius 2 is 1.78 bits per heavy atom. The lowest BCUT2D eigenvalue weighted by Gasteiger charge is -2.12. The summed E-state index contributed by atoms with van der Waals surface area (Å²) in [6.45, 7) is 1.90. The molecule has 1 atom stereocenters. The largest absolute Gasteiger partial charge is 0.310 e. The third-order valence-corrected chi connectivity index (χ3v) is 4.50. The van der Waals surface area contributed by atoms with Gasteiger partial charge in [0.2, 0.25) is 0 Å². The molecule has 1 aromatic carbocycles. The first kappa shape index (κ1) is 12.7. The van der Waals surface area contributed by atoms with Crippen LogP contribution in [-0.4, -0.2) is 13.4 Å². The molecule has 0 bridgehead atoms. The van der Waals surface area contributed by atoms with Crippen LogP contribution >= 0.6 is 0 Å². The number of pyridine rings is 1. The molecule has 0 spiro atoms. The highest BCUT2D eigenvalue weighted by atomic mass is 32.2. The Hall–Kier alpha value is -1.72. The van der Waals surface area contributed by atoms with Gasteiger partial charge in [0.15, 0.2) is 15.2 Å². The van der Waals surface area contributed by atoms with E-state index in [0.717, 1.165) is 5.56 Å². The third-order valence-electron chi connectivity index (χ3n) is 2.66. The van der Waals surface area contributed by atoms with Crippen molar-refractivity contribution in [1.29, 1.82) is 0 Å². The molecular formula is C13H14N2O2S. The van der Waals surface area contributed by atoms with Gasteiger partial charge in [-0.05, 0) is 31.2 Å². The van der Waals surface area contributed by atoms with Crippen LogP contribution in [0.2, 0.25) is 0 Å². The van der Waals surface area contributed by atoms with Crippen molar-refractivity contribution in [2.75, 3.05) is 0 Å². The van der Waals surface area contributed by atoms with Crippen LogP contribution in [0.15, 0.2) is 53.6 Å². The van der Waals surface area contributed by atoms with Crippen molar-refractivity contribution in [2.45, 2.75) is 17.2 Å². The number of aryl methyl sites for hydroxylation is 1. The van der Waals surface area contributed by atoms with Gasteiger partial charge in [0.1, 0.15) is 0 Å². The van der Waals surface area contributed by atoms with Crippen LogP contribution in [0.3, 0.4) is 0 Å². The van der Waals surface area contributed by atoms with Crippen molar-refractivity contribution in [2.24, 2.45) is 5.73 Å². The number of nitrogens with zero attached hydrogens (tertiary/aromatic N) is 1. The minimum atomic E-state index is -3.59. The van der Waals surface area contributed by atoms with Crippen LogP contribution in [0, 0.1) is 6.92 Å². The second kappa shape index (κ2) is 4.88. The van der Waals surface area contributed by atoms with Gasteiger partial charge in [-0.15, -0.1) is 0 Å². The van der Waals surface area contributed by atoms with Crippen LogP contribution in [0.5, 0.6) is 0 Å². The summed E-state index contributed by atoms with van der Waals surface area (Å²) in [6, 6.07) is 11.7. The van der Waals surface area contributed by atoms with Gasteiger partial charge in [0.05, 0.1) is 10.6 Å². The summed E-state index contributed by atoms with van der Waals surface area (Å²) in [5, 5.41) is -1.14. The van der Waals surface area contributed by atoms with Gasteiger partial charge in [-0.2, -0.15) is 0 Å². The summed E-state index contributed by atoms with van der Waals surface area (Å²) in [6.07, 6.45) is 1.53. The summed E-state index contributed by atoms with van der Waals surface area (Å²) in [5.74, 6) is 0. The Labute approximate surface area is 106 Å². The van der Waals surface area contributed by atoms with Gasteiger partial charge in [-0.3, -0.25) is 4.98 Å². The Morgan fingerprint density at radius 3 is 2.33 bits per heavy atom. The van der Waals surface area contributed by atoms with Gasteiger partial charge in [-0.25, -0.2) is 8.42 Å². The van der Waals surface area contributed by atoms with Gasteiger partial charge in [0, 0.05) is 6.20 Å². The fourth-order valence-corrected chi connectivity index (χ4v) is 2.84. The number of nitrogens with two attached hydrogens (primary N) is 1. The van der Waals surface area contributed by atoms with Gasteiger partial charge < -0.3 is 5.73 Å². The Kier molecular flexibility index (Phi) is 3.45. The molecule has 1 heterocycles. The zero-order chi connectivity index (χ0) is 13.2. The number of aromatic nitrogens is 1. The van der Waals surface area contributed by atoms with E-state index in [2.05, 4.69) is 4.98 Å². The van der Waals surface area contributed by atoms with Crippen molar-refractivity contribution < 1.29 is 8.42 Å². The fourth-order valence-electron chi connectivity index (χ4n) is 1.58. The highest BCUT2D eigenvalue weighted by Gasteiger charge is 2.26. The first-order valence-electron chi connectivity index (χ1n) is 5.49. The van der Waals surface area contributed by atoms with E-state index in [9.17, 15) is 8.42 Å². The number of rotatable bonds is 3.